The summed E-state index contributed by atoms with van der Waals surface area (Å²) in [5.41, 5.74) is 9.79. The monoisotopic (exact) mass is 259 g/mol. The molecule has 0 amide bonds. The van der Waals surface area contributed by atoms with Crippen molar-refractivity contribution in [2.45, 2.75) is 24.5 Å². The standard InChI is InChI=1S/C15H17NOS/c1-11-5-3-4-6-13(11)10-18(17)14-7-8-15(16)12(2)9-14/h3-9H,10,16H2,1-2H3. The fraction of sp³-hybridized carbons (Fsp3) is 0.200. The fourth-order valence-electron chi connectivity index (χ4n) is 1.79. The number of anilines is 1. The minimum Gasteiger partial charge on any atom is -0.399 e. The maximum atomic E-state index is 12.3. The third-order valence-electron chi connectivity index (χ3n) is 3.05. The van der Waals surface area contributed by atoms with Crippen LogP contribution in [0.25, 0.3) is 0 Å². The van der Waals surface area contributed by atoms with E-state index in [4.69, 9.17) is 5.73 Å². The van der Waals surface area contributed by atoms with Crippen molar-refractivity contribution in [1.82, 2.24) is 0 Å². The summed E-state index contributed by atoms with van der Waals surface area (Å²) in [5, 5.41) is 0. The van der Waals surface area contributed by atoms with Gasteiger partial charge in [0.2, 0.25) is 0 Å². The van der Waals surface area contributed by atoms with Gasteiger partial charge in [-0.15, -0.1) is 0 Å². The molecule has 0 saturated heterocycles. The van der Waals surface area contributed by atoms with Gasteiger partial charge in [-0.05, 0) is 48.7 Å². The van der Waals surface area contributed by atoms with Crippen LogP contribution in [0.2, 0.25) is 0 Å². The van der Waals surface area contributed by atoms with Crippen molar-refractivity contribution in [3.8, 4) is 0 Å². The molecule has 0 bridgehead atoms. The first-order chi connectivity index (χ1) is 8.58. The SMILES string of the molecule is Cc1cc(S(=O)Cc2ccccc2C)ccc1N. The second kappa shape index (κ2) is 5.36. The van der Waals surface area contributed by atoms with E-state index in [0.29, 0.717) is 5.75 Å². The highest BCUT2D eigenvalue weighted by Crippen LogP contribution is 2.19. The van der Waals surface area contributed by atoms with Crippen LogP contribution in [0.1, 0.15) is 16.7 Å². The van der Waals surface area contributed by atoms with Crippen LogP contribution in [0.3, 0.4) is 0 Å². The van der Waals surface area contributed by atoms with Gasteiger partial charge in [0, 0.05) is 10.6 Å². The van der Waals surface area contributed by atoms with E-state index >= 15 is 0 Å². The van der Waals surface area contributed by atoms with Gasteiger partial charge in [0.05, 0.1) is 16.6 Å². The summed E-state index contributed by atoms with van der Waals surface area (Å²) in [6.45, 7) is 3.98. The lowest BCUT2D eigenvalue weighted by Crippen LogP contribution is -2.00. The topological polar surface area (TPSA) is 43.1 Å². The first kappa shape index (κ1) is 12.8. The van der Waals surface area contributed by atoms with Crippen molar-refractivity contribution in [3.63, 3.8) is 0 Å². The van der Waals surface area contributed by atoms with Crippen molar-refractivity contribution in [3.05, 3.63) is 59.2 Å². The zero-order valence-electron chi connectivity index (χ0n) is 10.6. The molecule has 0 heterocycles. The van der Waals surface area contributed by atoms with Gasteiger partial charge in [0.1, 0.15) is 0 Å². The van der Waals surface area contributed by atoms with Crippen LogP contribution < -0.4 is 5.73 Å². The molecule has 0 saturated carbocycles. The Bertz CT molecular complexity index is 593. The summed E-state index contributed by atoms with van der Waals surface area (Å²) in [5.74, 6) is 0.552. The van der Waals surface area contributed by atoms with Gasteiger partial charge in [-0.1, -0.05) is 24.3 Å². The molecule has 0 aromatic heterocycles. The van der Waals surface area contributed by atoms with Crippen LogP contribution in [0, 0.1) is 13.8 Å². The van der Waals surface area contributed by atoms with Crippen molar-refractivity contribution < 1.29 is 4.21 Å². The molecule has 0 radical (unpaired) electrons. The number of aryl methyl sites for hydroxylation is 2. The number of benzene rings is 2. The largest absolute Gasteiger partial charge is 0.399 e. The van der Waals surface area contributed by atoms with E-state index in [9.17, 15) is 4.21 Å². The van der Waals surface area contributed by atoms with E-state index in [0.717, 1.165) is 21.7 Å². The van der Waals surface area contributed by atoms with Crippen LogP contribution in [0.4, 0.5) is 5.69 Å². The highest BCUT2D eigenvalue weighted by atomic mass is 32.2. The van der Waals surface area contributed by atoms with Crippen molar-refractivity contribution in [2.75, 3.05) is 5.73 Å². The van der Waals surface area contributed by atoms with Gasteiger partial charge >= 0.3 is 0 Å². The fourth-order valence-corrected chi connectivity index (χ4v) is 3.09. The van der Waals surface area contributed by atoms with Crippen molar-refractivity contribution >= 4 is 16.5 Å². The Kier molecular flexibility index (Phi) is 3.82. The Morgan fingerprint density at radius 1 is 1.06 bits per heavy atom. The lowest BCUT2D eigenvalue weighted by atomic mass is 10.1. The maximum absolute atomic E-state index is 12.3. The van der Waals surface area contributed by atoms with Crippen molar-refractivity contribution in [2.24, 2.45) is 0 Å². The first-order valence-corrected chi connectivity index (χ1v) is 7.19. The van der Waals surface area contributed by atoms with E-state index in [1.165, 1.54) is 5.56 Å². The summed E-state index contributed by atoms with van der Waals surface area (Å²) in [4.78, 5) is 0.838. The van der Waals surface area contributed by atoms with E-state index in [1.807, 2.05) is 56.3 Å². The van der Waals surface area contributed by atoms with Gasteiger partial charge in [0.15, 0.2) is 0 Å². The van der Waals surface area contributed by atoms with E-state index in [-0.39, 0.29) is 0 Å². The summed E-state index contributed by atoms with van der Waals surface area (Å²) in [7, 11) is -1.02. The van der Waals surface area contributed by atoms with Crippen LogP contribution in [-0.4, -0.2) is 4.21 Å². The predicted octanol–water partition coefficient (Wildman–Crippen LogP) is 3.19. The van der Waals surface area contributed by atoms with Gasteiger partial charge < -0.3 is 5.73 Å². The summed E-state index contributed by atoms with van der Waals surface area (Å²) < 4.78 is 12.3. The second-order valence-corrected chi connectivity index (χ2v) is 5.89. The Labute approximate surface area is 110 Å². The predicted molar refractivity (Wildman–Crippen MR) is 76.9 cm³/mol. The molecule has 3 heteroatoms. The minimum atomic E-state index is -1.02. The molecule has 0 aliphatic heterocycles. The third-order valence-corrected chi connectivity index (χ3v) is 4.40. The molecule has 0 fully saturated rings. The smallest absolute Gasteiger partial charge is 0.0574 e. The normalized spacial score (nSPS) is 12.3. The van der Waals surface area contributed by atoms with E-state index in [2.05, 4.69) is 0 Å². The van der Waals surface area contributed by atoms with Crippen LogP contribution in [0.5, 0.6) is 0 Å². The van der Waals surface area contributed by atoms with Gasteiger partial charge in [-0.2, -0.15) is 0 Å². The second-order valence-electron chi connectivity index (χ2n) is 4.43. The molecule has 0 aliphatic carbocycles. The lowest BCUT2D eigenvalue weighted by Gasteiger charge is -2.07. The maximum Gasteiger partial charge on any atom is 0.0574 e. The third kappa shape index (κ3) is 2.79. The van der Waals surface area contributed by atoms with Crippen LogP contribution >= 0.6 is 0 Å². The summed E-state index contributed by atoms with van der Waals surface area (Å²) >= 11 is 0. The highest BCUT2D eigenvalue weighted by molar-refractivity contribution is 7.84. The molecule has 18 heavy (non-hydrogen) atoms. The number of rotatable bonds is 3. The van der Waals surface area contributed by atoms with Gasteiger partial charge in [0.25, 0.3) is 0 Å². The number of nitrogens with two attached hydrogens (primary N) is 1. The molecule has 94 valence electrons. The zero-order chi connectivity index (χ0) is 13.1. The van der Waals surface area contributed by atoms with Crippen LogP contribution in [0.15, 0.2) is 47.4 Å². The molecule has 0 spiro atoms. The molecule has 2 aromatic rings. The molecule has 0 aliphatic rings. The van der Waals surface area contributed by atoms with E-state index in [1.54, 1.807) is 0 Å². The zero-order valence-corrected chi connectivity index (χ0v) is 11.5. The number of nitrogen functional groups attached to an aromatic ring is 1. The Balaban J connectivity index is 2.22. The Morgan fingerprint density at radius 3 is 2.44 bits per heavy atom. The highest BCUT2D eigenvalue weighted by Gasteiger charge is 2.08. The quantitative estimate of drug-likeness (QED) is 0.860. The molecule has 2 nitrogen and oxygen atoms in total. The first-order valence-electron chi connectivity index (χ1n) is 5.87. The number of hydrogen-bond donors (Lipinski definition) is 1. The molecular formula is C15H17NOS. The Hall–Kier alpha value is -1.61. The molecule has 1 atom stereocenters. The minimum absolute atomic E-state index is 0.552. The average molecular weight is 259 g/mol. The molecular weight excluding hydrogens is 242 g/mol. The number of hydrogen-bond acceptors (Lipinski definition) is 2. The van der Waals surface area contributed by atoms with Gasteiger partial charge in [-0.25, -0.2) is 0 Å². The van der Waals surface area contributed by atoms with Crippen LogP contribution in [-0.2, 0) is 16.6 Å². The van der Waals surface area contributed by atoms with Crippen molar-refractivity contribution in [1.29, 1.82) is 0 Å². The Morgan fingerprint density at radius 2 is 1.78 bits per heavy atom. The summed E-state index contributed by atoms with van der Waals surface area (Å²) in [6.07, 6.45) is 0. The molecule has 2 rings (SSSR count). The molecule has 2 N–H and O–H groups in total. The average Bonchev–Trinajstić information content (AvgIpc) is 2.35. The van der Waals surface area contributed by atoms with Gasteiger partial charge in [-0.3, -0.25) is 4.21 Å². The lowest BCUT2D eigenvalue weighted by molar-refractivity contribution is 0.682. The van der Waals surface area contributed by atoms with E-state index < -0.39 is 10.8 Å². The molecule has 1 unspecified atom stereocenters. The molecule has 2 aromatic carbocycles. The summed E-state index contributed by atoms with van der Waals surface area (Å²) in [6, 6.07) is 13.6.